The second-order valence-corrected chi connectivity index (χ2v) is 5.02. The van der Waals surface area contributed by atoms with Crippen LogP contribution in [0.2, 0.25) is 5.02 Å². The molecule has 20 heavy (non-hydrogen) atoms. The van der Waals surface area contributed by atoms with Gasteiger partial charge in [-0.05, 0) is 13.0 Å². The van der Waals surface area contributed by atoms with E-state index >= 15 is 0 Å². The molecule has 7 nitrogen and oxygen atoms in total. The normalized spacial score (nSPS) is 18.1. The number of carbonyl (C=O) groups is 1. The van der Waals surface area contributed by atoms with Gasteiger partial charge in [-0.3, -0.25) is 9.59 Å². The van der Waals surface area contributed by atoms with E-state index in [1.165, 1.54) is 13.3 Å². The Balaban J connectivity index is 2.26. The van der Waals surface area contributed by atoms with E-state index in [4.69, 9.17) is 11.6 Å². The quantitative estimate of drug-likeness (QED) is 0.781. The number of aromatic nitrogens is 2. The maximum absolute atomic E-state index is 12.1. The van der Waals surface area contributed by atoms with Crippen molar-refractivity contribution in [3.05, 3.63) is 21.6 Å². The molecule has 0 spiro atoms. The second-order valence-electron chi connectivity index (χ2n) is 4.64. The molecule has 1 saturated heterocycles. The van der Waals surface area contributed by atoms with Gasteiger partial charge in [-0.2, -0.15) is 5.10 Å². The Morgan fingerprint density at radius 1 is 1.70 bits per heavy atom. The summed E-state index contributed by atoms with van der Waals surface area (Å²) in [6.45, 7) is 1.54. The van der Waals surface area contributed by atoms with Crippen molar-refractivity contribution in [3.8, 4) is 0 Å². The van der Waals surface area contributed by atoms with Crippen LogP contribution in [0.25, 0.3) is 0 Å². The molecule has 1 atom stereocenters. The second kappa shape index (κ2) is 6.23. The van der Waals surface area contributed by atoms with Crippen molar-refractivity contribution >= 4 is 23.3 Å². The van der Waals surface area contributed by atoms with E-state index in [-0.39, 0.29) is 17.6 Å². The fraction of sp³-hybridized carbons (Fsp3) is 0.583. The molecule has 110 valence electrons. The van der Waals surface area contributed by atoms with E-state index in [1.54, 1.807) is 0 Å². The number of ether oxygens (including phenoxy) is 1. The van der Waals surface area contributed by atoms with Crippen LogP contribution in [-0.2, 0) is 16.1 Å². The van der Waals surface area contributed by atoms with Crippen LogP contribution in [0.5, 0.6) is 0 Å². The van der Waals surface area contributed by atoms with Gasteiger partial charge in [-0.1, -0.05) is 11.6 Å². The third kappa shape index (κ3) is 2.94. The predicted molar refractivity (Wildman–Crippen MR) is 75.2 cm³/mol. The van der Waals surface area contributed by atoms with E-state index in [2.05, 4.69) is 15.2 Å². The number of methoxy groups -OCH3 is 1. The Hall–Kier alpha value is -1.60. The van der Waals surface area contributed by atoms with E-state index in [0.29, 0.717) is 5.69 Å². The van der Waals surface area contributed by atoms with Gasteiger partial charge in [0.05, 0.1) is 19.0 Å². The minimum absolute atomic E-state index is 0.0679. The van der Waals surface area contributed by atoms with Gasteiger partial charge in [0.25, 0.3) is 5.56 Å². The molecule has 0 radical (unpaired) electrons. The molecular formula is C12H17ClN4O3. The van der Waals surface area contributed by atoms with Crippen LogP contribution in [0.1, 0.15) is 6.42 Å². The van der Waals surface area contributed by atoms with Crippen LogP contribution < -0.4 is 15.8 Å². The number of hydrogen-bond donors (Lipinski definition) is 1. The molecule has 8 heteroatoms. The fourth-order valence-corrected chi connectivity index (χ4v) is 2.45. The van der Waals surface area contributed by atoms with Crippen LogP contribution in [0, 0.1) is 0 Å². The van der Waals surface area contributed by atoms with Gasteiger partial charge in [0.15, 0.2) is 0 Å². The minimum Gasteiger partial charge on any atom is -0.468 e. The summed E-state index contributed by atoms with van der Waals surface area (Å²) in [5.74, 6) is -0.545. The first-order valence-corrected chi connectivity index (χ1v) is 6.68. The fourth-order valence-electron chi connectivity index (χ4n) is 2.17. The molecule has 0 saturated carbocycles. The first-order valence-electron chi connectivity index (χ1n) is 6.30. The van der Waals surface area contributed by atoms with Gasteiger partial charge in [0.1, 0.15) is 11.6 Å². The maximum Gasteiger partial charge on any atom is 0.327 e. The largest absolute Gasteiger partial charge is 0.468 e. The summed E-state index contributed by atoms with van der Waals surface area (Å²) in [5.41, 5.74) is 0.0823. The summed E-state index contributed by atoms with van der Waals surface area (Å²) >= 11 is 6.11. The van der Waals surface area contributed by atoms with Crippen molar-refractivity contribution in [1.29, 1.82) is 0 Å². The Labute approximate surface area is 121 Å². The molecule has 1 aliphatic rings. The van der Waals surface area contributed by atoms with Crippen LogP contribution in [0.4, 0.5) is 5.69 Å². The van der Waals surface area contributed by atoms with Gasteiger partial charge in [-0.25, -0.2) is 4.68 Å². The number of nitrogens with one attached hydrogen (secondary N) is 1. The predicted octanol–water partition coefficient (Wildman–Crippen LogP) is -0.132. The zero-order valence-corrected chi connectivity index (χ0v) is 12.2. The van der Waals surface area contributed by atoms with Crippen molar-refractivity contribution in [2.24, 2.45) is 0 Å². The number of hydrogen-bond acceptors (Lipinski definition) is 6. The SMILES string of the molecule is COC(=O)Cn1ncc(N(C)C2CCNC2)c(Cl)c1=O. The average molecular weight is 301 g/mol. The number of halogens is 1. The van der Waals surface area contributed by atoms with E-state index in [9.17, 15) is 9.59 Å². The summed E-state index contributed by atoms with van der Waals surface area (Å²) in [5, 5.41) is 7.30. The molecule has 0 aromatic carbocycles. The Bertz CT molecular complexity index is 554. The van der Waals surface area contributed by atoms with Gasteiger partial charge < -0.3 is 15.0 Å². The summed E-state index contributed by atoms with van der Waals surface area (Å²) in [6.07, 6.45) is 2.49. The van der Waals surface area contributed by atoms with Gasteiger partial charge in [0, 0.05) is 19.6 Å². The molecule has 2 rings (SSSR count). The van der Waals surface area contributed by atoms with Crippen LogP contribution in [0.15, 0.2) is 11.0 Å². The maximum atomic E-state index is 12.1. The van der Waals surface area contributed by atoms with Crippen LogP contribution in [0.3, 0.4) is 0 Å². The molecule has 1 aromatic heterocycles. The molecule has 1 unspecified atom stereocenters. The van der Waals surface area contributed by atoms with Crippen molar-refractivity contribution in [3.63, 3.8) is 0 Å². The van der Waals surface area contributed by atoms with Crippen molar-refractivity contribution < 1.29 is 9.53 Å². The number of nitrogens with zero attached hydrogens (tertiary/aromatic N) is 3. The standard InChI is InChI=1S/C12H17ClN4O3/c1-16(8-3-4-14-5-8)9-6-15-17(7-10(18)20-2)12(19)11(9)13/h6,8,14H,3-5,7H2,1-2H3. The van der Waals surface area contributed by atoms with E-state index in [0.717, 1.165) is 24.2 Å². The van der Waals surface area contributed by atoms with Gasteiger partial charge in [0.2, 0.25) is 0 Å². The number of anilines is 1. The van der Waals surface area contributed by atoms with Crippen LogP contribution in [-0.4, -0.2) is 49.0 Å². The molecule has 1 N–H and O–H groups in total. The smallest absolute Gasteiger partial charge is 0.327 e. The zero-order valence-electron chi connectivity index (χ0n) is 11.4. The highest BCUT2D eigenvalue weighted by molar-refractivity contribution is 6.33. The molecule has 0 amide bonds. The first-order chi connectivity index (χ1) is 9.54. The Kier molecular flexibility index (Phi) is 4.61. The number of carbonyl (C=O) groups excluding carboxylic acids is 1. The number of likely N-dealkylation sites (N-methyl/N-ethyl adjacent to an activating group) is 1. The number of esters is 1. The Morgan fingerprint density at radius 2 is 2.45 bits per heavy atom. The molecule has 1 aliphatic heterocycles. The monoisotopic (exact) mass is 300 g/mol. The molecule has 1 fully saturated rings. The lowest BCUT2D eigenvalue weighted by Gasteiger charge is -2.26. The highest BCUT2D eigenvalue weighted by Gasteiger charge is 2.23. The van der Waals surface area contributed by atoms with E-state index in [1.807, 2.05) is 11.9 Å². The molecule has 0 aliphatic carbocycles. The topological polar surface area (TPSA) is 76.5 Å². The molecule has 2 heterocycles. The van der Waals surface area contributed by atoms with E-state index < -0.39 is 11.5 Å². The van der Waals surface area contributed by atoms with Crippen LogP contribution >= 0.6 is 11.6 Å². The molecule has 1 aromatic rings. The third-order valence-electron chi connectivity index (χ3n) is 3.44. The summed E-state index contributed by atoms with van der Waals surface area (Å²) in [7, 11) is 3.13. The van der Waals surface area contributed by atoms with Crippen molar-refractivity contribution in [2.45, 2.75) is 19.0 Å². The average Bonchev–Trinajstić information content (AvgIpc) is 2.97. The van der Waals surface area contributed by atoms with Gasteiger partial charge in [-0.15, -0.1) is 0 Å². The third-order valence-corrected chi connectivity index (χ3v) is 3.79. The minimum atomic E-state index is -0.545. The van der Waals surface area contributed by atoms with Crippen molar-refractivity contribution in [2.75, 3.05) is 32.1 Å². The highest BCUT2D eigenvalue weighted by Crippen LogP contribution is 2.23. The summed E-state index contributed by atoms with van der Waals surface area (Å²) in [6, 6.07) is 0.283. The highest BCUT2D eigenvalue weighted by atomic mass is 35.5. The molecule has 0 bridgehead atoms. The molecular weight excluding hydrogens is 284 g/mol. The summed E-state index contributed by atoms with van der Waals surface area (Å²) < 4.78 is 5.51. The summed E-state index contributed by atoms with van der Waals surface area (Å²) in [4.78, 5) is 25.2. The Morgan fingerprint density at radius 3 is 3.05 bits per heavy atom. The first kappa shape index (κ1) is 14.8. The lowest BCUT2D eigenvalue weighted by Crippen LogP contribution is -2.36. The number of rotatable bonds is 4. The van der Waals surface area contributed by atoms with Gasteiger partial charge >= 0.3 is 5.97 Å². The van der Waals surface area contributed by atoms with Crippen molar-refractivity contribution in [1.82, 2.24) is 15.1 Å². The lowest BCUT2D eigenvalue weighted by atomic mass is 10.2. The zero-order chi connectivity index (χ0) is 14.7. The lowest BCUT2D eigenvalue weighted by molar-refractivity contribution is -0.141.